The number of nitrogens with one attached hydrogen (secondary N) is 1. The molecule has 0 heterocycles. The van der Waals surface area contributed by atoms with E-state index in [9.17, 15) is 4.79 Å². The molecule has 21 heavy (non-hydrogen) atoms. The first-order valence-electron chi connectivity index (χ1n) is 7.16. The molecule has 1 aromatic carbocycles. The molecule has 1 aliphatic rings. The zero-order chi connectivity index (χ0) is 15.5. The number of benzene rings is 1. The number of hydrogen-bond acceptors (Lipinski definition) is 4. The molecule has 0 bridgehead atoms. The van der Waals surface area contributed by atoms with Crippen LogP contribution >= 0.6 is 0 Å². The molecule has 0 unspecified atom stereocenters. The Balaban J connectivity index is 2.09. The van der Waals surface area contributed by atoms with Gasteiger partial charge in [-0.05, 0) is 30.4 Å². The first-order chi connectivity index (χ1) is 9.95. The van der Waals surface area contributed by atoms with E-state index in [4.69, 9.17) is 9.47 Å². The third-order valence-corrected chi connectivity index (χ3v) is 3.86. The Morgan fingerprint density at radius 2 is 1.90 bits per heavy atom. The van der Waals surface area contributed by atoms with E-state index in [1.54, 1.807) is 14.2 Å². The summed E-state index contributed by atoms with van der Waals surface area (Å²) >= 11 is 0. The topological polar surface area (TPSA) is 47.6 Å². The number of Topliss-reactive ketones (excluding diaryl/α,β-unsaturated/α-hetero) is 1. The molecular formula is C17H23NO3. The molecule has 0 radical (unpaired) electrons. The van der Waals surface area contributed by atoms with Crippen LogP contribution in [0.15, 0.2) is 30.0 Å². The molecule has 0 saturated heterocycles. The summed E-state index contributed by atoms with van der Waals surface area (Å²) in [7, 11) is 3.21. The van der Waals surface area contributed by atoms with Gasteiger partial charge in [0.25, 0.3) is 0 Å². The van der Waals surface area contributed by atoms with Gasteiger partial charge in [0.1, 0.15) is 0 Å². The van der Waals surface area contributed by atoms with Gasteiger partial charge in [-0.25, -0.2) is 0 Å². The number of ketones is 1. The summed E-state index contributed by atoms with van der Waals surface area (Å²) in [5.41, 5.74) is 1.86. The van der Waals surface area contributed by atoms with Crippen LogP contribution in [0.3, 0.4) is 0 Å². The molecule has 1 aliphatic carbocycles. The minimum atomic E-state index is 0.123. The van der Waals surface area contributed by atoms with Gasteiger partial charge in [-0.1, -0.05) is 13.8 Å². The van der Waals surface area contributed by atoms with Gasteiger partial charge in [0.05, 0.1) is 14.2 Å². The Morgan fingerprint density at radius 1 is 1.19 bits per heavy atom. The van der Waals surface area contributed by atoms with Crippen LogP contribution in [0.5, 0.6) is 11.5 Å². The average molecular weight is 289 g/mol. The number of methoxy groups -OCH3 is 2. The van der Waals surface area contributed by atoms with Gasteiger partial charge >= 0.3 is 0 Å². The molecule has 4 nitrogen and oxygen atoms in total. The lowest BCUT2D eigenvalue weighted by atomic mass is 9.75. The minimum Gasteiger partial charge on any atom is -0.493 e. The van der Waals surface area contributed by atoms with Crippen LogP contribution in [-0.4, -0.2) is 20.0 Å². The van der Waals surface area contributed by atoms with Crippen LogP contribution in [0, 0.1) is 5.41 Å². The summed E-state index contributed by atoms with van der Waals surface area (Å²) in [6.07, 6.45) is 4.30. The van der Waals surface area contributed by atoms with Crippen LogP contribution in [-0.2, 0) is 4.79 Å². The lowest BCUT2D eigenvalue weighted by Gasteiger charge is -2.29. The van der Waals surface area contributed by atoms with E-state index >= 15 is 0 Å². The molecule has 0 aromatic heterocycles. The number of carbonyl (C=O) groups excluding carboxylic acids is 1. The minimum absolute atomic E-state index is 0.123. The highest BCUT2D eigenvalue weighted by Crippen LogP contribution is 2.36. The number of anilines is 1. The first-order valence-corrected chi connectivity index (χ1v) is 7.16. The maximum Gasteiger partial charge on any atom is 0.162 e. The van der Waals surface area contributed by atoms with Crippen LogP contribution in [0.4, 0.5) is 5.69 Å². The Kier molecular flexibility index (Phi) is 4.56. The van der Waals surface area contributed by atoms with Gasteiger partial charge in [0.2, 0.25) is 0 Å². The van der Waals surface area contributed by atoms with Gasteiger partial charge in [0, 0.05) is 29.9 Å². The number of hydrogen-bond donors (Lipinski definition) is 1. The van der Waals surface area contributed by atoms with E-state index in [-0.39, 0.29) is 11.2 Å². The summed E-state index contributed by atoms with van der Waals surface area (Å²) in [5, 5.41) is 3.18. The van der Waals surface area contributed by atoms with Crippen molar-refractivity contribution in [3.05, 3.63) is 30.0 Å². The van der Waals surface area contributed by atoms with Crippen LogP contribution < -0.4 is 14.8 Å². The van der Waals surface area contributed by atoms with Crippen molar-refractivity contribution in [3.63, 3.8) is 0 Å². The number of allylic oxidation sites excluding steroid dienone is 1. The van der Waals surface area contributed by atoms with E-state index in [1.165, 1.54) is 0 Å². The molecular weight excluding hydrogens is 266 g/mol. The van der Waals surface area contributed by atoms with Crippen molar-refractivity contribution < 1.29 is 14.3 Å². The molecule has 0 spiro atoms. The third-order valence-electron chi connectivity index (χ3n) is 3.86. The van der Waals surface area contributed by atoms with Gasteiger partial charge in [-0.15, -0.1) is 0 Å². The highest BCUT2D eigenvalue weighted by atomic mass is 16.5. The van der Waals surface area contributed by atoms with E-state index in [0.717, 1.165) is 24.1 Å². The Labute approximate surface area is 126 Å². The molecule has 114 valence electrons. The van der Waals surface area contributed by atoms with Crippen molar-refractivity contribution in [2.24, 2.45) is 5.41 Å². The van der Waals surface area contributed by atoms with Crippen LogP contribution in [0.2, 0.25) is 0 Å². The number of rotatable bonds is 4. The molecule has 0 atom stereocenters. The maximum atomic E-state index is 12.1. The van der Waals surface area contributed by atoms with Crippen molar-refractivity contribution >= 4 is 11.5 Å². The van der Waals surface area contributed by atoms with E-state index in [1.807, 2.05) is 24.4 Å². The smallest absolute Gasteiger partial charge is 0.162 e. The van der Waals surface area contributed by atoms with Crippen molar-refractivity contribution in [2.45, 2.75) is 33.1 Å². The fourth-order valence-electron chi connectivity index (χ4n) is 2.50. The van der Waals surface area contributed by atoms with Crippen molar-refractivity contribution in [3.8, 4) is 11.5 Å². The van der Waals surface area contributed by atoms with Crippen LogP contribution in [0.1, 0.15) is 33.1 Å². The van der Waals surface area contributed by atoms with Gasteiger partial charge in [-0.3, -0.25) is 4.79 Å². The molecule has 1 saturated carbocycles. The first kappa shape index (κ1) is 15.4. The summed E-state index contributed by atoms with van der Waals surface area (Å²) in [6, 6.07) is 5.59. The Hall–Kier alpha value is -1.97. The molecule has 0 amide bonds. The monoisotopic (exact) mass is 289 g/mol. The van der Waals surface area contributed by atoms with Crippen LogP contribution in [0.25, 0.3) is 0 Å². The molecule has 1 N–H and O–H groups in total. The second kappa shape index (κ2) is 6.20. The summed E-state index contributed by atoms with van der Waals surface area (Å²) < 4.78 is 10.5. The average Bonchev–Trinajstić information content (AvgIpc) is 2.45. The second-order valence-corrected chi connectivity index (χ2v) is 6.15. The van der Waals surface area contributed by atoms with Crippen molar-refractivity contribution in [1.29, 1.82) is 0 Å². The summed E-state index contributed by atoms with van der Waals surface area (Å²) in [6.45, 7) is 4.28. The molecule has 4 heteroatoms. The largest absolute Gasteiger partial charge is 0.493 e. The zero-order valence-electron chi connectivity index (χ0n) is 13.2. The Morgan fingerprint density at radius 3 is 2.52 bits per heavy atom. The SMILES string of the molecule is COc1ccc(N/C=C2/CCC(C)(C)CC2=O)cc1OC. The standard InChI is InChI=1S/C17H23NO3/c1-17(2)8-7-12(14(19)10-17)11-18-13-5-6-15(20-3)16(9-13)21-4/h5-6,9,11,18H,7-8,10H2,1-4H3/b12-11-. The highest BCUT2D eigenvalue weighted by molar-refractivity contribution is 5.96. The van der Waals surface area contributed by atoms with Gasteiger partial charge in [-0.2, -0.15) is 0 Å². The van der Waals surface area contributed by atoms with Gasteiger partial charge < -0.3 is 14.8 Å². The van der Waals surface area contributed by atoms with E-state index < -0.39 is 0 Å². The highest BCUT2D eigenvalue weighted by Gasteiger charge is 2.29. The lowest BCUT2D eigenvalue weighted by molar-refractivity contribution is -0.118. The van der Waals surface area contributed by atoms with Gasteiger partial charge in [0.15, 0.2) is 17.3 Å². The number of ether oxygens (including phenoxy) is 2. The van der Waals surface area contributed by atoms with E-state index in [0.29, 0.717) is 17.9 Å². The lowest BCUT2D eigenvalue weighted by Crippen LogP contribution is -2.24. The van der Waals surface area contributed by atoms with Crippen molar-refractivity contribution in [2.75, 3.05) is 19.5 Å². The quantitative estimate of drug-likeness (QED) is 0.857. The fourth-order valence-corrected chi connectivity index (χ4v) is 2.50. The van der Waals surface area contributed by atoms with E-state index in [2.05, 4.69) is 19.2 Å². The normalized spacial score (nSPS) is 19.4. The Bertz CT molecular complexity index is 561. The third kappa shape index (κ3) is 3.78. The van der Waals surface area contributed by atoms with Crippen molar-refractivity contribution in [1.82, 2.24) is 0 Å². The molecule has 1 aromatic rings. The summed E-state index contributed by atoms with van der Waals surface area (Å²) in [5.74, 6) is 1.59. The number of carbonyl (C=O) groups is 1. The predicted molar refractivity (Wildman–Crippen MR) is 83.9 cm³/mol. The predicted octanol–water partition coefficient (Wildman–Crippen LogP) is 3.78. The molecule has 0 aliphatic heterocycles. The summed E-state index contributed by atoms with van der Waals surface area (Å²) in [4.78, 5) is 12.1. The molecule has 1 fully saturated rings. The maximum absolute atomic E-state index is 12.1. The zero-order valence-corrected chi connectivity index (χ0v) is 13.2. The molecule has 2 rings (SSSR count). The second-order valence-electron chi connectivity index (χ2n) is 6.15. The fraction of sp³-hybridized carbons (Fsp3) is 0.471.